The predicted octanol–water partition coefficient (Wildman–Crippen LogP) is 2.25. The third-order valence-corrected chi connectivity index (χ3v) is 3.96. The lowest BCUT2D eigenvalue weighted by molar-refractivity contribution is 0.0916. The van der Waals surface area contributed by atoms with Crippen molar-refractivity contribution in [3.8, 4) is 5.75 Å². The number of hydrogen-bond donors (Lipinski definition) is 1. The largest absolute Gasteiger partial charge is 0.496 e. The molecule has 4 nitrogen and oxygen atoms in total. The third-order valence-electron chi connectivity index (χ3n) is 3.96. The van der Waals surface area contributed by atoms with Gasteiger partial charge in [-0.3, -0.25) is 4.79 Å². The second-order valence-corrected chi connectivity index (χ2v) is 5.57. The van der Waals surface area contributed by atoms with E-state index in [0.717, 1.165) is 37.2 Å². The molecule has 2 rings (SSSR count). The molecule has 0 spiro atoms. The molecule has 0 aliphatic carbocycles. The fourth-order valence-electron chi connectivity index (χ4n) is 2.66. The van der Waals surface area contributed by atoms with Crippen LogP contribution in [0.1, 0.15) is 28.8 Å². The summed E-state index contributed by atoms with van der Waals surface area (Å²) in [5.74, 6) is 0.795. The van der Waals surface area contributed by atoms with E-state index in [1.54, 1.807) is 7.11 Å². The van der Waals surface area contributed by atoms with E-state index in [-0.39, 0.29) is 11.9 Å². The number of amides is 1. The van der Waals surface area contributed by atoms with Gasteiger partial charge < -0.3 is 15.0 Å². The Hall–Kier alpha value is -1.81. The number of carbonyl (C=O) groups is 1. The molecule has 1 aromatic rings. The summed E-state index contributed by atoms with van der Waals surface area (Å²) in [4.78, 5) is 14.6. The first kappa shape index (κ1) is 15.6. The molecule has 0 atom stereocenters. The Labute approximate surface area is 126 Å². The summed E-state index contributed by atoms with van der Waals surface area (Å²) in [5.41, 5.74) is 1.68. The van der Waals surface area contributed by atoms with Crippen LogP contribution in [0.4, 0.5) is 0 Å². The number of ether oxygens (including phenoxy) is 1. The highest BCUT2D eigenvalue weighted by Gasteiger charge is 2.19. The highest BCUT2D eigenvalue weighted by atomic mass is 16.5. The van der Waals surface area contributed by atoms with Crippen LogP contribution in [0.3, 0.4) is 0 Å². The molecule has 1 aliphatic heterocycles. The Kier molecular flexibility index (Phi) is 5.39. The molecule has 21 heavy (non-hydrogen) atoms. The number of allylic oxidation sites excluding steroid dienone is 1. The lowest BCUT2D eigenvalue weighted by atomic mass is 10.0. The van der Waals surface area contributed by atoms with Gasteiger partial charge in [0.1, 0.15) is 5.75 Å². The number of hydrogen-bond acceptors (Lipinski definition) is 3. The molecule has 0 bridgehead atoms. The number of rotatable bonds is 5. The van der Waals surface area contributed by atoms with Crippen LogP contribution in [-0.4, -0.2) is 44.1 Å². The summed E-state index contributed by atoms with van der Waals surface area (Å²) >= 11 is 0. The smallest absolute Gasteiger partial charge is 0.251 e. The van der Waals surface area contributed by atoms with Crippen LogP contribution in [-0.2, 0) is 6.42 Å². The van der Waals surface area contributed by atoms with Crippen molar-refractivity contribution in [1.29, 1.82) is 0 Å². The van der Waals surface area contributed by atoms with Gasteiger partial charge in [-0.25, -0.2) is 0 Å². The summed E-state index contributed by atoms with van der Waals surface area (Å²) in [6.45, 7) is 5.82. The SMILES string of the molecule is C=CCc1cc(C(=O)NC2CCN(C)CC2)ccc1OC. The fourth-order valence-corrected chi connectivity index (χ4v) is 2.66. The van der Waals surface area contributed by atoms with E-state index < -0.39 is 0 Å². The van der Waals surface area contributed by atoms with E-state index >= 15 is 0 Å². The van der Waals surface area contributed by atoms with Crippen molar-refractivity contribution in [2.45, 2.75) is 25.3 Å². The molecule has 0 radical (unpaired) electrons. The van der Waals surface area contributed by atoms with Gasteiger partial charge in [0.2, 0.25) is 0 Å². The van der Waals surface area contributed by atoms with E-state index in [1.807, 2.05) is 24.3 Å². The van der Waals surface area contributed by atoms with Gasteiger partial charge in [0.15, 0.2) is 0 Å². The number of benzene rings is 1. The van der Waals surface area contributed by atoms with Gasteiger partial charge >= 0.3 is 0 Å². The van der Waals surface area contributed by atoms with Gasteiger partial charge in [0.05, 0.1) is 7.11 Å². The number of likely N-dealkylation sites (tertiary alicyclic amines) is 1. The molecule has 1 aromatic carbocycles. The lowest BCUT2D eigenvalue weighted by Crippen LogP contribution is -2.43. The number of piperidine rings is 1. The summed E-state index contributed by atoms with van der Waals surface area (Å²) in [6.07, 6.45) is 4.53. The maximum absolute atomic E-state index is 12.4. The van der Waals surface area contributed by atoms with E-state index in [1.165, 1.54) is 0 Å². The predicted molar refractivity (Wildman–Crippen MR) is 84.9 cm³/mol. The van der Waals surface area contributed by atoms with Crippen LogP contribution in [0.2, 0.25) is 0 Å². The quantitative estimate of drug-likeness (QED) is 0.845. The van der Waals surface area contributed by atoms with Crippen LogP contribution in [0.5, 0.6) is 5.75 Å². The van der Waals surface area contributed by atoms with Crippen molar-refractivity contribution >= 4 is 5.91 Å². The zero-order valence-corrected chi connectivity index (χ0v) is 12.9. The minimum atomic E-state index is -0.00230. The Morgan fingerprint density at radius 1 is 1.48 bits per heavy atom. The second kappa shape index (κ2) is 7.27. The zero-order chi connectivity index (χ0) is 15.2. The van der Waals surface area contributed by atoms with Crippen LogP contribution < -0.4 is 10.1 Å². The van der Waals surface area contributed by atoms with Gasteiger partial charge in [-0.2, -0.15) is 0 Å². The van der Waals surface area contributed by atoms with Gasteiger partial charge in [-0.1, -0.05) is 6.08 Å². The molecule has 1 aliphatic rings. The molecule has 1 saturated heterocycles. The average molecular weight is 288 g/mol. The van der Waals surface area contributed by atoms with Crippen molar-refractivity contribution in [2.75, 3.05) is 27.2 Å². The zero-order valence-electron chi connectivity index (χ0n) is 12.9. The normalized spacial score (nSPS) is 16.5. The minimum absolute atomic E-state index is 0.00230. The molecule has 114 valence electrons. The van der Waals surface area contributed by atoms with Crippen LogP contribution in [0.25, 0.3) is 0 Å². The molecular formula is C17H24N2O2. The Morgan fingerprint density at radius 2 is 2.19 bits per heavy atom. The Morgan fingerprint density at radius 3 is 2.81 bits per heavy atom. The standard InChI is InChI=1S/C17H24N2O2/c1-4-5-13-12-14(6-7-16(13)21-3)17(20)18-15-8-10-19(2)11-9-15/h4,6-7,12,15H,1,5,8-11H2,2-3H3,(H,18,20). The molecule has 4 heteroatoms. The Balaban J connectivity index is 2.04. The van der Waals surface area contributed by atoms with Crippen LogP contribution in [0, 0.1) is 0 Å². The monoisotopic (exact) mass is 288 g/mol. The topological polar surface area (TPSA) is 41.6 Å². The summed E-state index contributed by atoms with van der Waals surface area (Å²) in [7, 11) is 3.75. The average Bonchev–Trinajstić information content (AvgIpc) is 2.50. The fraction of sp³-hybridized carbons (Fsp3) is 0.471. The summed E-state index contributed by atoms with van der Waals surface area (Å²) in [6, 6.07) is 5.83. The maximum Gasteiger partial charge on any atom is 0.251 e. The number of carbonyl (C=O) groups excluding carboxylic acids is 1. The van der Waals surface area contributed by atoms with Gasteiger partial charge in [-0.05, 0) is 63.2 Å². The minimum Gasteiger partial charge on any atom is -0.496 e. The van der Waals surface area contributed by atoms with Crippen LogP contribution >= 0.6 is 0 Å². The van der Waals surface area contributed by atoms with Gasteiger partial charge in [0.25, 0.3) is 5.91 Å². The highest BCUT2D eigenvalue weighted by Crippen LogP contribution is 2.21. The van der Waals surface area contributed by atoms with E-state index in [9.17, 15) is 4.79 Å². The number of nitrogens with zero attached hydrogens (tertiary/aromatic N) is 1. The molecule has 1 fully saturated rings. The van der Waals surface area contributed by atoms with Gasteiger partial charge in [0, 0.05) is 11.6 Å². The first-order valence-corrected chi connectivity index (χ1v) is 7.41. The van der Waals surface area contributed by atoms with Crippen LogP contribution in [0.15, 0.2) is 30.9 Å². The van der Waals surface area contributed by atoms with E-state index in [2.05, 4.69) is 23.8 Å². The third kappa shape index (κ3) is 4.08. The van der Waals surface area contributed by atoms with Gasteiger partial charge in [-0.15, -0.1) is 6.58 Å². The van der Waals surface area contributed by atoms with E-state index in [0.29, 0.717) is 12.0 Å². The van der Waals surface area contributed by atoms with Crippen molar-refractivity contribution in [3.05, 3.63) is 42.0 Å². The number of methoxy groups -OCH3 is 1. The maximum atomic E-state index is 12.4. The lowest BCUT2D eigenvalue weighted by Gasteiger charge is -2.29. The highest BCUT2D eigenvalue weighted by molar-refractivity contribution is 5.94. The molecule has 0 unspecified atom stereocenters. The first-order chi connectivity index (χ1) is 10.1. The Bertz CT molecular complexity index is 506. The molecule has 0 aromatic heterocycles. The van der Waals surface area contributed by atoms with Crippen molar-refractivity contribution in [1.82, 2.24) is 10.2 Å². The summed E-state index contributed by atoms with van der Waals surface area (Å²) < 4.78 is 5.31. The second-order valence-electron chi connectivity index (χ2n) is 5.57. The number of nitrogens with one attached hydrogen (secondary N) is 1. The van der Waals surface area contributed by atoms with Crippen molar-refractivity contribution in [2.24, 2.45) is 0 Å². The van der Waals surface area contributed by atoms with Crippen molar-refractivity contribution in [3.63, 3.8) is 0 Å². The molecule has 1 amide bonds. The molecule has 1 N–H and O–H groups in total. The summed E-state index contributed by atoms with van der Waals surface area (Å²) in [5, 5.41) is 3.13. The first-order valence-electron chi connectivity index (χ1n) is 7.41. The molecule has 1 heterocycles. The molecule has 0 saturated carbocycles. The molecular weight excluding hydrogens is 264 g/mol. The van der Waals surface area contributed by atoms with E-state index in [4.69, 9.17) is 4.74 Å². The van der Waals surface area contributed by atoms with Crippen molar-refractivity contribution < 1.29 is 9.53 Å².